The normalized spacial score (nSPS) is 16.7. The molecule has 0 aromatic heterocycles. The summed E-state index contributed by atoms with van der Waals surface area (Å²) in [4.78, 5) is 13.1. The van der Waals surface area contributed by atoms with Gasteiger partial charge in [-0.3, -0.25) is 0 Å². The molecular weight excluding hydrogens is 219 g/mol. The maximum absolute atomic E-state index is 11.3. The van der Waals surface area contributed by atoms with Crippen LogP contribution < -0.4 is 0 Å². The zero-order valence-electron chi connectivity index (χ0n) is 8.67. The molecule has 1 fully saturated rings. The van der Waals surface area contributed by atoms with E-state index in [0.29, 0.717) is 0 Å². The van der Waals surface area contributed by atoms with Crippen LogP contribution in [0.15, 0.2) is 0 Å². The fourth-order valence-corrected chi connectivity index (χ4v) is 1.08. The molecule has 0 saturated carbocycles. The largest absolute Gasteiger partial charge is 0.444 e. The van der Waals surface area contributed by atoms with Crippen molar-refractivity contribution in [2.45, 2.75) is 32.8 Å². The van der Waals surface area contributed by atoms with E-state index in [4.69, 9.17) is 4.74 Å². The summed E-state index contributed by atoms with van der Waals surface area (Å²) >= 11 is 0. The van der Waals surface area contributed by atoms with Gasteiger partial charge in [-0.1, -0.05) is 6.54 Å². The smallest absolute Gasteiger partial charge is 0.407 e. The first-order valence-corrected chi connectivity index (χ1v) is 4.28. The number of carbonyl (C=O) groups is 1. The van der Waals surface area contributed by atoms with Crippen molar-refractivity contribution in [2.24, 2.45) is 0 Å². The number of hydrogen-bond donors (Lipinski definition) is 0. The van der Waals surface area contributed by atoms with Crippen LogP contribution in [0, 0.1) is 6.42 Å². The average Bonchev–Trinajstić information content (AvgIpc) is 2.32. The van der Waals surface area contributed by atoms with Gasteiger partial charge in [0, 0.05) is 19.5 Å². The number of hydrogen-bond acceptors (Lipinski definition) is 2. The van der Waals surface area contributed by atoms with Crippen molar-refractivity contribution in [3.63, 3.8) is 0 Å². The third kappa shape index (κ3) is 4.61. The summed E-state index contributed by atoms with van der Waals surface area (Å²) in [5.41, 5.74) is -0.375. The maximum Gasteiger partial charge on any atom is 0.407 e. The molecule has 0 atom stereocenters. The number of carbonyl (C=O) groups excluding carboxylic acids is 1. The van der Waals surface area contributed by atoms with Gasteiger partial charge < -0.3 is 16.1 Å². The second kappa shape index (κ2) is 4.95. The van der Waals surface area contributed by atoms with E-state index < -0.39 is 0 Å². The van der Waals surface area contributed by atoms with E-state index in [2.05, 4.69) is 6.42 Å². The van der Waals surface area contributed by atoms with Gasteiger partial charge in [0.1, 0.15) is 5.60 Å². The molecule has 0 bridgehead atoms. The molecular formula is C9H16NO2Zn-. The Morgan fingerprint density at radius 3 is 2.46 bits per heavy atom. The van der Waals surface area contributed by atoms with Gasteiger partial charge in [-0.15, -0.1) is 0 Å². The number of ether oxygens (including phenoxy) is 1. The van der Waals surface area contributed by atoms with Crippen LogP contribution >= 0.6 is 0 Å². The van der Waals surface area contributed by atoms with Gasteiger partial charge in [0.15, 0.2) is 0 Å². The molecule has 1 heterocycles. The van der Waals surface area contributed by atoms with Crippen LogP contribution in [0.2, 0.25) is 0 Å². The number of nitrogens with zero attached hydrogens (tertiary/aromatic N) is 1. The van der Waals surface area contributed by atoms with E-state index >= 15 is 0 Å². The molecule has 0 radical (unpaired) electrons. The Kier molecular flexibility index (Phi) is 4.90. The van der Waals surface area contributed by atoms with Crippen molar-refractivity contribution in [3.8, 4) is 0 Å². The third-order valence-electron chi connectivity index (χ3n) is 1.60. The molecule has 1 aliphatic rings. The van der Waals surface area contributed by atoms with E-state index in [9.17, 15) is 4.79 Å². The fraction of sp³-hybridized carbons (Fsp3) is 0.778. The molecule has 0 spiro atoms. The molecule has 1 amide bonds. The second-order valence-electron chi connectivity index (χ2n) is 4.00. The Morgan fingerprint density at radius 2 is 2.08 bits per heavy atom. The third-order valence-corrected chi connectivity index (χ3v) is 1.60. The monoisotopic (exact) mass is 234 g/mol. The van der Waals surface area contributed by atoms with Crippen molar-refractivity contribution in [1.82, 2.24) is 4.90 Å². The Balaban J connectivity index is 0.00000144. The van der Waals surface area contributed by atoms with Gasteiger partial charge in [0.25, 0.3) is 0 Å². The summed E-state index contributed by atoms with van der Waals surface area (Å²) in [5.74, 6) is 0. The molecule has 0 unspecified atom stereocenters. The summed E-state index contributed by atoms with van der Waals surface area (Å²) in [6.07, 6.45) is 2.87. The molecule has 0 aliphatic carbocycles. The van der Waals surface area contributed by atoms with Gasteiger partial charge in [-0.2, -0.15) is 6.42 Å². The summed E-state index contributed by atoms with van der Waals surface area (Å²) in [6, 6.07) is 0. The molecule has 0 aromatic rings. The fourth-order valence-electron chi connectivity index (χ4n) is 1.08. The summed E-state index contributed by atoms with van der Waals surface area (Å²) in [6.45, 7) is 7.17. The Hall–Kier alpha value is -0.107. The average molecular weight is 236 g/mol. The van der Waals surface area contributed by atoms with Crippen LogP contribution in [0.5, 0.6) is 0 Å². The van der Waals surface area contributed by atoms with Gasteiger partial charge in [0.2, 0.25) is 0 Å². The minimum absolute atomic E-state index is 0. The summed E-state index contributed by atoms with van der Waals surface area (Å²) < 4.78 is 5.19. The summed E-state index contributed by atoms with van der Waals surface area (Å²) in [5, 5.41) is 0. The molecule has 1 aliphatic heterocycles. The van der Waals surface area contributed by atoms with E-state index in [1.54, 1.807) is 4.90 Å². The molecule has 3 nitrogen and oxygen atoms in total. The Morgan fingerprint density at radius 1 is 1.46 bits per heavy atom. The molecule has 0 aromatic carbocycles. The number of amides is 1. The van der Waals surface area contributed by atoms with Gasteiger partial charge in [-0.25, -0.2) is 4.79 Å². The number of rotatable bonds is 0. The van der Waals surface area contributed by atoms with E-state index in [1.807, 2.05) is 20.8 Å². The Bertz CT molecular complexity index is 171. The predicted octanol–water partition coefficient (Wildman–Crippen LogP) is 1.83. The van der Waals surface area contributed by atoms with Gasteiger partial charge in [0.05, 0.1) is 0 Å². The van der Waals surface area contributed by atoms with Crippen molar-refractivity contribution in [3.05, 3.63) is 6.42 Å². The van der Waals surface area contributed by atoms with Crippen molar-refractivity contribution in [1.29, 1.82) is 0 Å². The van der Waals surface area contributed by atoms with E-state index in [0.717, 1.165) is 19.5 Å². The Labute approximate surface area is 92.6 Å². The standard InChI is InChI=1S/C9H16NO2.Zn/c1-9(2,3)12-8(11)10-6-4-5-7-10;/h4H,5-7H2,1-3H3;/q-1;. The zero-order chi connectivity index (χ0) is 9.19. The van der Waals surface area contributed by atoms with E-state index in [1.165, 1.54) is 0 Å². The first-order valence-electron chi connectivity index (χ1n) is 4.28. The van der Waals surface area contributed by atoms with Crippen LogP contribution in [0.25, 0.3) is 0 Å². The van der Waals surface area contributed by atoms with Crippen LogP contribution in [-0.2, 0) is 24.2 Å². The molecule has 1 rings (SSSR count). The molecule has 1 saturated heterocycles. The SMILES string of the molecule is CC(C)(C)OC(=O)N1C[CH-]CC1.[Zn]. The zero-order valence-corrected chi connectivity index (χ0v) is 11.6. The first kappa shape index (κ1) is 12.9. The first-order chi connectivity index (χ1) is 5.49. The van der Waals surface area contributed by atoms with Crippen molar-refractivity contribution >= 4 is 6.09 Å². The van der Waals surface area contributed by atoms with E-state index in [-0.39, 0.29) is 31.2 Å². The minimum Gasteiger partial charge on any atom is -0.444 e. The minimum atomic E-state index is -0.375. The quantitative estimate of drug-likeness (QED) is 0.474. The predicted molar refractivity (Wildman–Crippen MR) is 46.7 cm³/mol. The van der Waals surface area contributed by atoms with Crippen LogP contribution in [-0.4, -0.2) is 29.7 Å². The van der Waals surface area contributed by atoms with Crippen molar-refractivity contribution in [2.75, 3.05) is 13.1 Å². The number of likely N-dealkylation sites (tertiary alicyclic amines) is 1. The maximum atomic E-state index is 11.3. The molecule has 0 N–H and O–H groups in total. The summed E-state index contributed by atoms with van der Waals surface area (Å²) in [7, 11) is 0. The topological polar surface area (TPSA) is 29.5 Å². The van der Waals surface area contributed by atoms with Gasteiger partial charge in [-0.05, 0) is 27.3 Å². The second-order valence-corrected chi connectivity index (χ2v) is 4.00. The molecule has 4 heteroatoms. The molecule has 72 valence electrons. The van der Waals surface area contributed by atoms with Gasteiger partial charge >= 0.3 is 6.09 Å². The van der Waals surface area contributed by atoms with Crippen LogP contribution in [0.1, 0.15) is 27.2 Å². The van der Waals surface area contributed by atoms with Crippen LogP contribution in [0.4, 0.5) is 4.79 Å². The molecule has 13 heavy (non-hydrogen) atoms. The van der Waals surface area contributed by atoms with Crippen LogP contribution in [0.3, 0.4) is 0 Å². The van der Waals surface area contributed by atoms with Crippen molar-refractivity contribution < 1.29 is 29.0 Å².